The van der Waals surface area contributed by atoms with E-state index in [9.17, 15) is 17.6 Å². The molecular weight excluding hydrogens is 438 g/mol. The van der Waals surface area contributed by atoms with E-state index in [-0.39, 0.29) is 27.7 Å². The molecule has 0 radical (unpaired) electrons. The molecule has 5 nitrogen and oxygen atoms in total. The number of carbonyl (C=O) groups excluding carboxylic acids is 1. The summed E-state index contributed by atoms with van der Waals surface area (Å²) in [6.07, 6.45) is 0. The second-order valence-corrected chi connectivity index (χ2v) is 8.59. The Labute approximate surface area is 177 Å². The van der Waals surface area contributed by atoms with Gasteiger partial charge in [0.15, 0.2) is 0 Å². The van der Waals surface area contributed by atoms with Gasteiger partial charge in [0, 0.05) is 17.1 Å². The highest BCUT2D eigenvalue weighted by Gasteiger charge is 2.17. The van der Waals surface area contributed by atoms with Gasteiger partial charge in [0.2, 0.25) is 0 Å². The Morgan fingerprint density at radius 3 is 2.24 bits per heavy atom. The Bertz CT molecular complexity index is 1140. The van der Waals surface area contributed by atoms with Crippen molar-refractivity contribution in [1.82, 2.24) is 5.32 Å². The van der Waals surface area contributed by atoms with Gasteiger partial charge in [0.05, 0.1) is 15.6 Å². The molecule has 150 valence electrons. The first-order valence-corrected chi connectivity index (χ1v) is 10.6. The maximum Gasteiger partial charge on any atom is 0.261 e. The van der Waals surface area contributed by atoms with Crippen LogP contribution in [-0.2, 0) is 16.6 Å². The van der Waals surface area contributed by atoms with E-state index in [4.69, 9.17) is 23.2 Å². The van der Waals surface area contributed by atoms with E-state index in [1.165, 1.54) is 18.2 Å². The zero-order valence-corrected chi connectivity index (χ0v) is 17.2. The highest BCUT2D eigenvalue weighted by Crippen LogP contribution is 2.26. The minimum Gasteiger partial charge on any atom is -0.348 e. The van der Waals surface area contributed by atoms with Gasteiger partial charge in [0.1, 0.15) is 5.82 Å². The molecule has 0 atom stereocenters. The average molecular weight is 453 g/mol. The Morgan fingerprint density at radius 1 is 0.931 bits per heavy atom. The molecule has 0 unspecified atom stereocenters. The van der Waals surface area contributed by atoms with Crippen molar-refractivity contribution in [2.24, 2.45) is 0 Å². The van der Waals surface area contributed by atoms with E-state index in [0.717, 1.165) is 29.8 Å². The summed E-state index contributed by atoms with van der Waals surface area (Å²) in [5.41, 5.74) is 1.12. The Balaban J connectivity index is 1.75. The van der Waals surface area contributed by atoms with Crippen LogP contribution in [0.1, 0.15) is 15.9 Å². The number of amides is 1. The van der Waals surface area contributed by atoms with Gasteiger partial charge >= 0.3 is 0 Å². The second kappa shape index (κ2) is 8.82. The van der Waals surface area contributed by atoms with Crippen LogP contribution in [-0.4, -0.2) is 14.3 Å². The van der Waals surface area contributed by atoms with Crippen LogP contribution in [0.2, 0.25) is 10.0 Å². The van der Waals surface area contributed by atoms with Crippen molar-refractivity contribution in [1.29, 1.82) is 0 Å². The molecule has 0 bridgehead atoms. The molecule has 1 amide bonds. The van der Waals surface area contributed by atoms with Crippen molar-refractivity contribution in [2.45, 2.75) is 11.4 Å². The fraction of sp³-hybridized carbons (Fsp3) is 0.0500. The van der Waals surface area contributed by atoms with E-state index in [1.54, 1.807) is 24.3 Å². The number of hydrogen-bond donors (Lipinski definition) is 2. The van der Waals surface area contributed by atoms with Gasteiger partial charge in [-0.15, -0.1) is 0 Å². The van der Waals surface area contributed by atoms with Gasteiger partial charge in [-0.25, -0.2) is 12.8 Å². The fourth-order valence-corrected chi connectivity index (χ4v) is 3.87. The van der Waals surface area contributed by atoms with Crippen LogP contribution in [0.4, 0.5) is 10.1 Å². The van der Waals surface area contributed by atoms with E-state index in [0.29, 0.717) is 5.02 Å². The first kappa shape index (κ1) is 21.1. The highest BCUT2D eigenvalue weighted by atomic mass is 35.5. The van der Waals surface area contributed by atoms with E-state index in [2.05, 4.69) is 10.0 Å². The molecule has 3 aromatic rings. The maximum absolute atomic E-state index is 13.0. The van der Waals surface area contributed by atoms with Gasteiger partial charge in [-0.05, 0) is 60.2 Å². The van der Waals surface area contributed by atoms with Crippen LogP contribution in [0, 0.1) is 5.82 Å². The van der Waals surface area contributed by atoms with E-state index >= 15 is 0 Å². The summed E-state index contributed by atoms with van der Waals surface area (Å²) in [5, 5.41) is 3.45. The van der Waals surface area contributed by atoms with Crippen molar-refractivity contribution in [3.05, 3.63) is 93.7 Å². The second-order valence-electron chi connectivity index (χ2n) is 6.06. The maximum atomic E-state index is 13.0. The number of anilines is 1. The smallest absolute Gasteiger partial charge is 0.261 e. The predicted octanol–water partition coefficient (Wildman–Crippen LogP) is 4.86. The standard InChI is InChI=1S/C20H15Cl2FN2O3S/c21-15-4-1-13(2-5-15)12-24-20(26)14-3-10-18(22)19(11-14)25-29(27,28)17-8-6-16(23)7-9-17/h1-11,25H,12H2,(H,24,26). The third kappa shape index (κ3) is 5.47. The molecule has 3 rings (SSSR count). The molecule has 29 heavy (non-hydrogen) atoms. The largest absolute Gasteiger partial charge is 0.348 e. The Kier molecular flexibility index (Phi) is 6.42. The summed E-state index contributed by atoms with van der Waals surface area (Å²) < 4.78 is 40.3. The van der Waals surface area contributed by atoms with Gasteiger partial charge in [0.25, 0.3) is 15.9 Å². The van der Waals surface area contributed by atoms with E-state index < -0.39 is 21.7 Å². The molecule has 0 saturated carbocycles. The van der Waals surface area contributed by atoms with Crippen molar-refractivity contribution in [3.63, 3.8) is 0 Å². The number of carbonyl (C=O) groups is 1. The lowest BCUT2D eigenvalue weighted by molar-refractivity contribution is 0.0951. The molecule has 0 fully saturated rings. The SMILES string of the molecule is O=C(NCc1ccc(Cl)cc1)c1ccc(Cl)c(NS(=O)(=O)c2ccc(F)cc2)c1. The summed E-state index contributed by atoms with van der Waals surface area (Å²) in [7, 11) is -4.00. The van der Waals surface area contributed by atoms with Crippen LogP contribution in [0.15, 0.2) is 71.6 Å². The zero-order valence-electron chi connectivity index (χ0n) is 14.8. The van der Waals surface area contributed by atoms with Crippen molar-refractivity contribution in [3.8, 4) is 0 Å². The highest BCUT2D eigenvalue weighted by molar-refractivity contribution is 7.92. The zero-order chi connectivity index (χ0) is 21.0. The minimum atomic E-state index is -4.00. The van der Waals surface area contributed by atoms with Gasteiger partial charge in [-0.1, -0.05) is 35.3 Å². The molecule has 0 spiro atoms. The number of halogens is 3. The Hall–Kier alpha value is -2.61. The van der Waals surface area contributed by atoms with Crippen LogP contribution < -0.4 is 10.0 Å². The first-order valence-electron chi connectivity index (χ1n) is 8.35. The number of hydrogen-bond acceptors (Lipinski definition) is 3. The van der Waals surface area contributed by atoms with Crippen molar-refractivity contribution in [2.75, 3.05) is 4.72 Å². The lowest BCUT2D eigenvalue weighted by Crippen LogP contribution is -2.23. The number of rotatable bonds is 6. The van der Waals surface area contributed by atoms with Crippen LogP contribution in [0.5, 0.6) is 0 Å². The molecule has 0 heterocycles. The number of nitrogens with one attached hydrogen (secondary N) is 2. The summed E-state index contributed by atoms with van der Waals surface area (Å²) in [6, 6.07) is 15.6. The predicted molar refractivity (Wildman–Crippen MR) is 111 cm³/mol. The monoisotopic (exact) mass is 452 g/mol. The molecule has 0 aromatic heterocycles. The molecule has 3 aromatic carbocycles. The van der Waals surface area contributed by atoms with Crippen LogP contribution >= 0.6 is 23.2 Å². The molecule has 0 saturated heterocycles. The summed E-state index contributed by atoms with van der Waals surface area (Å²) in [5.74, 6) is -0.958. The number of sulfonamides is 1. The fourth-order valence-electron chi connectivity index (χ4n) is 2.45. The summed E-state index contributed by atoms with van der Waals surface area (Å²) >= 11 is 11.9. The third-order valence-electron chi connectivity index (χ3n) is 3.96. The molecule has 0 aliphatic heterocycles. The average Bonchev–Trinajstić information content (AvgIpc) is 2.69. The minimum absolute atomic E-state index is 0.0372. The molecule has 2 N–H and O–H groups in total. The lowest BCUT2D eigenvalue weighted by Gasteiger charge is -2.12. The van der Waals surface area contributed by atoms with Gasteiger partial charge in [-0.2, -0.15) is 0 Å². The molecule has 0 aliphatic rings. The topological polar surface area (TPSA) is 75.3 Å². The number of benzene rings is 3. The summed E-state index contributed by atoms with van der Waals surface area (Å²) in [4.78, 5) is 12.3. The third-order valence-corrected chi connectivity index (χ3v) is 5.93. The molecular formula is C20H15Cl2FN2O3S. The van der Waals surface area contributed by atoms with E-state index in [1.807, 2.05) is 0 Å². The van der Waals surface area contributed by atoms with Gasteiger partial charge < -0.3 is 5.32 Å². The van der Waals surface area contributed by atoms with Crippen LogP contribution in [0.25, 0.3) is 0 Å². The Morgan fingerprint density at radius 2 is 1.59 bits per heavy atom. The quantitative estimate of drug-likeness (QED) is 0.560. The molecule has 0 aliphatic carbocycles. The normalized spacial score (nSPS) is 11.1. The van der Waals surface area contributed by atoms with Crippen molar-refractivity contribution >= 4 is 44.8 Å². The van der Waals surface area contributed by atoms with Crippen LogP contribution in [0.3, 0.4) is 0 Å². The lowest BCUT2D eigenvalue weighted by atomic mass is 10.1. The first-order chi connectivity index (χ1) is 13.7. The van der Waals surface area contributed by atoms with Gasteiger partial charge in [-0.3, -0.25) is 9.52 Å². The van der Waals surface area contributed by atoms with Crippen molar-refractivity contribution < 1.29 is 17.6 Å². The molecule has 9 heteroatoms. The summed E-state index contributed by atoms with van der Waals surface area (Å²) in [6.45, 7) is 0.273.